The molecule has 1 aromatic carbocycles. The molecule has 1 aromatic rings. The zero-order chi connectivity index (χ0) is 16.8. The van der Waals surface area contributed by atoms with E-state index >= 15 is 0 Å². The van der Waals surface area contributed by atoms with Gasteiger partial charge in [-0.15, -0.1) is 0 Å². The van der Waals surface area contributed by atoms with Crippen LogP contribution in [0.3, 0.4) is 0 Å². The molecule has 0 bridgehead atoms. The van der Waals surface area contributed by atoms with Crippen LogP contribution in [0.1, 0.15) is 25.7 Å². The van der Waals surface area contributed by atoms with Gasteiger partial charge in [-0.1, -0.05) is 0 Å². The molecule has 5 unspecified atom stereocenters. The highest BCUT2D eigenvalue weighted by Gasteiger charge is 2.50. The van der Waals surface area contributed by atoms with Gasteiger partial charge in [0.1, 0.15) is 5.82 Å². The van der Waals surface area contributed by atoms with Crippen molar-refractivity contribution in [3.8, 4) is 0 Å². The van der Waals surface area contributed by atoms with E-state index in [4.69, 9.17) is 4.74 Å². The highest BCUT2D eigenvalue weighted by Crippen LogP contribution is 2.43. The minimum absolute atomic E-state index is 0.164. The Morgan fingerprint density at radius 1 is 1.00 bits per heavy atom. The number of nitrogens with one attached hydrogen (secondary N) is 3. The Balaban J connectivity index is 1.46. The summed E-state index contributed by atoms with van der Waals surface area (Å²) in [5.74, 6) is 1.13. The van der Waals surface area contributed by atoms with Gasteiger partial charge in [0.05, 0.1) is 6.17 Å². The largest absolute Gasteiger partial charge is 0.381 e. The summed E-state index contributed by atoms with van der Waals surface area (Å²) < 4.78 is 19.1. The highest BCUT2D eigenvalue weighted by molar-refractivity contribution is 5.50. The smallest absolute Gasteiger partial charge is 0.123 e. The van der Waals surface area contributed by atoms with Crippen LogP contribution in [0.25, 0.3) is 0 Å². The van der Waals surface area contributed by atoms with E-state index in [1.807, 2.05) is 12.1 Å². The van der Waals surface area contributed by atoms with Gasteiger partial charge in [0.2, 0.25) is 0 Å². The summed E-state index contributed by atoms with van der Waals surface area (Å²) in [6, 6.07) is 8.58. The lowest BCUT2D eigenvalue weighted by Crippen LogP contribution is -2.60. The van der Waals surface area contributed by atoms with Crippen molar-refractivity contribution in [2.75, 3.05) is 24.7 Å². The summed E-state index contributed by atoms with van der Waals surface area (Å²) in [4.78, 5) is 2.56. The van der Waals surface area contributed by atoms with Crippen molar-refractivity contribution in [1.82, 2.24) is 16.2 Å². The molecule has 0 aliphatic carbocycles. The number of hydrogen-bond acceptors (Lipinski definition) is 5. The predicted octanol–water partition coefficient (Wildman–Crippen LogP) is 1.61. The third-order valence-corrected chi connectivity index (χ3v) is 6.62. The lowest BCUT2D eigenvalue weighted by molar-refractivity contribution is 0.0582. The third-order valence-electron chi connectivity index (χ3n) is 6.62. The van der Waals surface area contributed by atoms with Crippen LogP contribution in [0.2, 0.25) is 0 Å². The van der Waals surface area contributed by atoms with Crippen LogP contribution >= 0.6 is 0 Å². The molecule has 4 fully saturated rings. The molecule has 4 aliphatic rings. The zero-order valence-electron chi connectivity index (χ0n) is 14.5. The van der Waals surface area contributed by atoms with E-state index in [-0.39, 0.29) is 5.82 Å². The van der Waals surface area contributed by atoms with Crippen molar-refractivity contribution >= 4 is 5.69 Å². The molecule has 4 aliphatic heterocycles. The molecule has 136 valence electrons. The molecule has 5 atom stereocenters. The van der Waals surface area contributed by atoms with Gasteiger partial charge < -0.3 is 9.64 Å². The maximum absolute atomic E-state index is 13.5. The van der Waals surface area contributed by atoms with Crippen molar-refractivity contribution in [3.05, 3.63) is 30.1 Å². The zero-order valence-corrected chi connectivity index (χ0v) is 14.5. The molecule has 5 rings (SSSR count). The lowest BCUT2D eigenvalue weighted by atomic mass is 9.84. The van der Waals surface area contributed by atoms with Crippen LogP contribution in [0, 0.1) is 17.7 Å². The molecular formula is C19H27FN4O. The summed E-state index contributed by atoms with van der Waals surface area (Å²) in [7, 11) is 0. The number of hydrogen-bond donors (Lipinski definition) is 3. The molecular weight excluding hydrogens is 319 g/mol. The highest BCUT2D eigenvalue weighted by atomic mass is 19.1. The molecule has 4 heterocycles. The third kappa shape index (κ3) is 2.85. The second kappa shape index (κ2) is 6.50. The van der Waals surface area contributed by atoms with Crippen LogP contribution in [-0.2, 0) is 4.74 Å². The van der Waals surface area contributed by atoms with Crippen molar-refractivity contribution in [2.24, 2.45) is 11.8 Å². The van der Waals surface area contributed by atoms with Gasteiger partial charge in [0.25, 0.3) is 0 Å². The lowest BCUT2D eigenvalue weighted by Gasteiger charge is -2.42. The van der Waals surface area contributed by atoms with Crippen molar-refractivity contribution in [1.29, 1.82) is 0 Å². The molecule has 3 N–H and O–H groups in total. The van der Waals surface area contributed by atoms with Crippen LogP contribution in [0.5, 0.6) is 0 Å². The fourth-order valence-electron chi connectivity index (χ4n) is 5.40. The summed E-state index contributed by atoms with van der Waals surface area (Å²) in [6.45, 7) is 2.71. The molecule has 0 aromatic heterocycles. The number of benzene rings is 1. The van der Waals surface area contributed by atoms with Crippen LogP contribution in [0.15, 0.2) is 24.3 Å². The van der Waals surface area contributed by atoms with E-state index in [0.717, 1.165) is 38.3 Å². The summed E-state index contributed by atoms with van der Waals surface area (Å²) in [6.07, 6.45) is 5.03. The number of nitrogens with zero attached hydrogens (tertiary/aromatic N) is 1. The van der Waals surface area contributed by atoms with E-state index in [0.29, 0.717) is 36.1 Å². The van der Waals surface area contributed by atoms with Crippen LogP contribution in [-0.4, -0.2) is 44.0 Å². The second-order valence-electron chi connectivity index (χ2n) is 7.98. The Hall–Kier alpha value is -1.21. The van der Waals surface area contributed by atoms with Crippen molar-refractivity contribution in [2.45, 2.75) is 50.0 Å². The Bertz CT molecular complexity index is 606. The summed E-state index contributed by atoms with van der Waals surface area (Å²) in [5.41, 5.74) is 7.87. The van der Waals surface area contributed by atoms with E-state index < -0.39 is 0 Å². The maximum Gasteiger partial charge on any atom is 0.123 e. The number of fused-ring (bicyclic) bond motifs is 2. The average molecular weight is 346 g/mol. The van der Waals surface area contributed by atoms with Crippen molar-refractivity contribution in [3.63, 3.8) is 0 Å². The maximum atomic E-state index is 13.5. The summed E-state index contributed by atoms with van der Waals surface area (Å²) >= 11 is 0. The van der Waals surface area contributed by atoms with Gasteiger partial charge >= 0.3 is 0 Å². The van der Waals surface area contributed by atoms with Gasteiger partial charge in [-0.25, -0.2) is 4.39 Å². The fourth-order valence-corrected chi connectivity index (χ4v) is 5.40. The average Bonchev–Trinajstić information content (AvgIpc) is 3.25. The number of halogens is 1. The first kappa shape index (κ1) is 16.0. The first-order valence-corrected chi connectivity index (χ1v) is 9.66. The number of piperidine rings is 1. The second-order valence-corrected chi connectivity index (χ2v) is 7.98. The van der Waals surface area contributed by atoms with Crippen molar-refractivity contribution < 1.29 is 9.13 Å². The van der Waals surface area contributed by atoms with Crippen LogP contribution < -0.4 is 21.1 Å². The van der Waals surface area contributed by atoms with E-state index in [1.165, 1.54) is 12.8 Å². The van der Waals surface area contributed by atoms with Gasteiger partial charge in [0, 0.05) is 43.6 Å². The van der Waals surface area contributed by atoms with Crippen LogP contribution in [0.4, 0.5) is 10.1 Å². The molecule has 5 nitrogen and oxygen atoms in total. The Morgan fingerprint density at radius 2 is 1.80 bits per heavy atom. The Morgan fingerprint density at radius 3 is 2.60 bits per heavy atom. The standard InChI is InChI=1S/C19H27FN4O/c20-14-1-3-15(4-2-14)24-18(12-5-7-25-8-6-12)10-13-9-16-17(11-21-23-16)22-19(13)24/h1-4,12-13,16-19,21-23H,5-11H2. The number of anilines is 1. The minimum atomic E-state index is -0.164. The predicted molar refractivity (Wildman–Crippen MR) is 94.6 cm³/mol. The minimum Gasteiger partial charge on any atom is -0.381 e. The quantitative estimate of drug-likeness (QED) is 0.760. The Kier molecular flexibility index (Phi) is 4.16. The van der Waals surface area contributed by atoms with Gasteiger partial charge in [0.15, 0.2) is 0 Å². The SMILES string of the molecule is Fc1ccc(N2C(C3CCOCC3)CC3CC4NNCC4NC32)cc1. The van der Waals surface area contributed by atoms with Gasteiger partial charge in [-0.2, -0.15) is 0 Å². The molecule has 0 spiro atoms. The van der Waals surface area contributed by atoms with E-state index in [1.54, 1.807) is 12.1 Å². The van der Waals surface area contributed by atoms with Gasteiger partial charge in [-0.3, -0.25) is 16.2 Å². The van der Waals surface area contributed by atoms with Gasteiger partial charge in [-0.05, 0) is 61.8 Å². The van der Waals surface area contributed by atoms with E-state index in [9.17, 15) is 4.39 Å². The monoisotopic (exact) mass is 346 g/mol. The molecule has 6 heteroatoms. The first-order valence-electron chi connectivity index (χ1n) is 9.66. The molecule has 25 heavy (non-hydrogen) atoms. The fraction of sp³-hybridized carbons (Fsp3) is 0.684. The number of rotatable bonds is 2. The number of hydrazine groups is 1. The Labute approximate surface area is 148 Å². The molecule has 4 saturated heterocycles. The molecule has 0 radical (unpaired) electrons. The van der Waals surface area contributed by atoms with E-state index in [2.05, 4.69) is 21.1 Å². The first-order chi connectivity index (χ1) is 12.3. The molecule has 0 saturated carbocycles. The number of ether oxygens (including phenoxy) is 1. The normalized spacial score (nSPS) is 38.6. The topological polar surface area (TPSA) is 48.6 Å². The molecule has 0 amide bonds. The summed E-state index contributed by atoms with van der Waals surface area (Å²) in [5, 5.41) is 3.89.